The number of hydrogen-bond acceptors (Lipinski definition) is 6. The third-order valence-electron chi connectivity index (χ3n) is 6.48. The van der Waals surface area contributed by atoms with E-state index in [-0.39, 0.29) is 25.6 Å². The summed E-state index contributed by atoms with van der Waals surface area (Å²) in [5, 5.41) is 38.2. The third-order valence-corrected chi connectivity index (χ3v) is 6.48. The lowest BCUT2D eigenvalue weighted by Gasteiger charge is -2.44. The van der Waals surface area contributed by atoms with Crippen LogP contribution >= 0.6 is 0 Å². The van der Waals surface area contributed by atoms with Gasteiger partial charge in [-0.25, -0.2) is 4.79 Å². The molecule has 1 aliphatic carbocycles. The average molecular weight is 494 g/mol. The van der Waals surface area contributed by atoms with Gasteiger partial charge in [0.15, 0.2) is 0 Å². The molecule has 0 saturated heterocycles. The third kappa shape index (κ3) is 8.84. The molecule has 1 amide bonds. The molecule has 1 aromatic rings. The molecule has 194 valence electrons. The van der Waals surface area contributed by atoms with E-state index in [1.54, 1.807) is 11.9 Å². The molecule has 2 rings (SSSR count). The number of aliphatic carboxylic acids is 3. The molecule has 0 heterocycles. The summed E-state index contributed by atoms with van der Waals surface area (Å²) in [4.78, 5) is 50.9. The van der Waals surface area contributed by atoms with E-state index in [1.165, 1.54) is 9.80 Å². The lowest BCUT2D eigenvalue weighted by Crippen LogP contribution is -2.58. The van der Waals surface area contributed by atoms with E-state index >= 15 is 0 Å². The number of rotatable bonds is 13. The zero-order valence-electron chi connectivity index (χ0n) is 20.2. The predicted octanol–water partition coefficient (Wildman–Crippen LogP) is 1.68. The first-order valence-electron chi connectivity index (χ1n) is 11.6. The Balaban J connectivity index is 2.39. The van der Waals surface area contributed by atoms with Crippen LogP contribution in [-0.2, 0) is 20.8 Å². The highest BCUT2D eigenvalue weighted by molar-refractivity contribution is 5.73. The number of carboxylic acids is 3. The summed E-state index contributed by atoms with van der Waals surface area (Å²) >= 11 is 0. The zero-order chi connectivity index (χ0) is 26.1. The number of aryl methyl sites for hydroxylation is 1. The highest BCUT2D eigenvalue weighted by Gasteiger charge is 2.38. The first kappa shape index (κ1) is 28.1. The maximum Gasteiger partial charge on any atom is 0.407 e. The van der Waals surface area contributed by atoms with Crippen LogP contribution in [0.25, 0.3) is 0 Å². The Morgan fingerprint density at radius 3 is 1.86 bits per heavy atom. The molecule has 11 heteroatoms. The number of benzene rings is 1. The van der Waals surface area contributed by atoms with Crippen molar-refractivity contribution in [2.24, 2.45) is 0 Å². The second-order valence-corrected chi connectivity index (χ2v) is 9.20. The fourth-order valence-corrected chi connectivity index (χ4v) is 4.85. The van der Waals surface area contributed by atoms with Gasteiger partial charge in [-0.1, -0.05) is 42.7 Å². The Kier molecular flexibility index (Phi) is 10.5. The van der Waals surface area contributed by atoms with E-state index in [2.05, 4.69) is 0 Å². The Morgan fingerprint density at radius 2 is 1.37 bits per heavy atom. The number of carboxylic acid groups (broad SMARTS) is 4. The molecule has 4 N–H and O–H groups in total. The van der Waals surface area contributed by atoms with E-state index in [1.807, 2.05) is 31.2 Å². The SMILES string of the molecule is Cc1ccc(CC(CN(C(=O)O)C2CCCCC2N(C)CC(=O)O)N(CC(=O)O)CC(=O)O)cc1. The summed E-state index contributed by atoms with van der Waals surface area (Å²) in [6.07, 6.45) is 1.85. The largest absolute Gasteiger partial charge is 0.480 e. The predicted molar refractivity (Wildman–Crippen MR) is 127 cm³/mol. The second kappa shape index (κ2) is 13.1. The first-order valence-corrected chi connectivity index (χ1v) is 11.6. The minimum atomic E-state index is -1.21. The van der Waals surface area contributed by atoms with Crippen LogP contribution in [0.1, 0.15) is 36.8 Å². The summed E-state index contributed by atoms with van der Waals surface area (Å²) < 4.78 is 0. The highest BCUT2D eigenvalue weighted by Crippen LogP contribution is 2.28. The van der Waals surface area contributed by atoms with Crippen molar-refractivity contribution in [3.63, 3.8) is 0 Å². The van der Waals surface area contributed by atoms with Gasteiger partial charge >= 0.3 is 24.0 Å². The molecule has 0 aromatic heterocycles. The number of amides is 1. The van der Waals surface area contributed by atoms with Gasteiger partial charge < -0.3 is 25.3 Å². The zero-order valence-corrected chi connectivity index (χ0v) is 20.2. The van der Waals surface area contributed by atoms with Crippen molar-refractivity contribution < 1.29 is 39.6 Å². The van der Waals surface area contributed by atoms with E-state index in [9.17, 15) is 39.6 Å². The summed E-state index contributed by atoms with van der Waals surface area (Å²) in [7, 11) is 1.65. The maximum absolute atomic E-state index is 12.4. The second-order valence-electron chi connectivity index (χ2n) is 9.20. The van der Waals surface area contributed by atoms with Crippen LogP contribution in [0.4, 0.5) is 4.79 Å². The van der Waals surface area contributed by atoms with Crippen LogP contribution < -0.4 is 0 Å². The number of nitrogens with zero attached hydrogens (tertiary/aromatic N) is 3. The molecule has 35 heavy (non-hydrogen) atoms. The van der Waals surface area contributed by atoms with Crippen molar-refractivity contribution >= 4 is 24.0 Å². The summed E-state index contributed by atoms with van der Waals surface area (Å²) in [6, 6.07) is 5.96. The lowest BCUT2D eigenvalue weighted by molar-refractivity contribution is -0.143. The molecular formula is C24H35N3O8. The smallest absolute Gasteiger partial charge is 0.407 e. The van der Waals surface area contributed by atoms with Gasteiger partial charge in [0.2, 0.25) is 0 Å². The quantitative estimate of drug-likeness (QED) is 0.318. The normalized spacial score (nSPS) is 18.9. The van der Waals surface area contributed by atoms with Crippen molar-refractivity contribution in [3.05, 3.63) is 35.4 Å². The van der Waals surface area contributed by atoms with Gasteiger partial charge in [-0.2, -0.15) is 0 Å². The molecule has 0 spiro atoms. The molecule has 1 aromatic carbocycles. The molecule has 11 nitrogen and oxygen atoms in total. The lowest BCUT2D eigenvalue weighted by atomic mass is 9.87. The molecule has 1 aliphatic rings. The Hall–Kier alpha value is -3.18. The van der Waals surface area contributed by atoms with Crippen LogP contribution in [0.3, 0.4) is 0 Å². The molecule has 1 saturated carbocycles. The Bertz CT molecular complexity index is 875. The van der Waals surface area contributed by atoms with Crippen LogP contribution in [0.15, 0.2) is 24.3 Å². The molecule has 1 fully saturated rings. The van der Waals surface area contributed by atoms with Gasteiger partial charge in [0.05, 0.1) is 25.7 Å². The van der Waals surface area contributed by atoms with Crippen molar-refractivity contribution in [2.45, 2.75) is 57.2 Å². The molecule has 0 bridgehead atoms. The Morgan fingerprint density at radius 1 is 0.857 bits per heavy atom. The molecule has 0 radical (unpaired) electrons. The highest BCUT2D eigenvalue weighted by atomic mass is 16.4. The van der Waals surface area contributed by atoms with Crippen molar-refractivity contribution in [2.75, 3.05) is 33.2 Å². The van der Waals surface area contributed by atoms with Crippen LogP contribution in [-0.4, -0.2) is 110 Å². The van der Waals surface area contributed by atoms with Crippen LogP contribution in [0.5, 0.6) is 0 Å². The maximum atomic E-state index is 12.4. The summed E-state index contributed by atoms with van der Waals surface area (Å²) in [5.41, 5.74) is 1.85. The molecule has 3 unspecified atom stereocenters. The van der Waals surface area contributed by atoms with E-state index in [4.69, 9.17) is 0 Å². The van der Waals surface area contributed by atoms with Crippen LogP contribution in [0, 0.1) is 6.92 Å². The minimum absolute atomic E-state index is 0.105. The Labute approximate surface area is 204 Å². The standard InChI is InChI=1S/C24H35N3O8/c1-16-7-9-17(10-8-16)11-18(26(14-22(30)31)15-23(32)33)12-27(24(34)35)20-6-4-3-5-19(20)25(2)13-21(28)29/h7-10,18-20H,3-6,11-15H2,1-2H3,(H,28,29)(H,30,31)(H,32,33)(H,34,35). The van der Waals surface area contributed by atoms with Crippen molar-refractivity contribution in [3.8, 4) is 0 Å². The fraction of sp³-hybridized carbons (Fsp3) is 0.583. The van der Waals surface area contributed by atoms with Gasteiger partial charge in [0, 0.05) is 18.6 Å². The van der Waals surface area contributed by atoms with Gasteiger partial charge in [0.1, 0.15) is 0 Å². The first-order chi connectivity index (χ1) is 16.5. The number of likely N-dealkylation sites (N-methyl/N-ethyl adjacent to an activating group) is 1. The average Bonchev–Trinajstić information content (AvgIpc) is 2.76. The summed E-state index contributed by atoms with van der Waals surface area (Å²) in [5.74, 6) is -3.43. The van der Waals surface area contributed by atoms with E-state index in [0.29, 0.717) is 12.8 Å². The van der Waals surface area contributed by atoms with Crippen molar-refractivity contribution in [1.82, 2.24) is 14.7 Å². The van der Waals surface area contributed by atoms with E-state index in [0.717, 1.165) is 24.0 Å². The topological polar surface area (TPSA) is 159 Å². The molecular weight excluding hydrogens is 458 g/mol. The molecule has 3 atom stereocenters. The monoisotopic (exact) mass is 493 g/mol. The molecule has 0 aliphatic heterocycles. The van der Waals surface area contributed by atoms with Gasteiger partial charge in [-0.15, -0.1) is 0 Å². The summed E-state index contributed by atoms with van der Waals surface area (Å²) in [6.45, 7) is 0.482. The van der Waals surface area contributed by atoms with Gasteiger partial charge in [0.25, 0.3) is 0 Å². The van der Waals surface area contributed by atoms with Crippen LogP contribution in [0.2, 0.25) is 0 Å². The number of carbonyl (C=O) groups is 4. The van der Waals surface area contributed by atoms with Gasteiger partial charge in [-0.05, 0) is 38.8 Å². The van der Waals surface area contributed by atoms with E-state index < -0.39 is 49.2 Å². The minimum Gasteiger partial charge on any atom is -0.480 e. The fourth-order valence-electron chi connectivity index (χ4n) is 4.85. The van der Waals surface area contributed by atoms with Crippen molar-refractivity contribution in [1.29, 1.82) is 0 Å². The van der Waals surface area contributed by atoms with Gasteiger partial charge in [-0.3, -0.25) is 24.2 Å². The number of hydrogen-bond donors (Lipinski definition) is 4.